The minimum atomic E-state index is -1.43. The highest BCUT2D eigenvalue weighted by Crippen LogP contribution is 2.71. The van der Waals surface area contributed by atoms with Crippen LogP contribution in [0.4, 0.5) is 0 Å². The fourth-order valence-electron chi connectivity index (χ4n) is 8.98. The zero-order valence-electron chi connectivity index (χ0n) is 22.7. The summed E-state index contributed by atoms with van der Waals surface area (Å²) >= 11 is 0. The van der Waals surface area contributed by atoms with E-state index in [1.54, 1.807) is 11.1 Å². The van der Waals surface area contributed by atoms with E-state index in [0.29, 0.717) is 24.2 Å². The molecule has 4 nitrogen and oxygen atoms in total. The van der Waals surface area contributed by atoms with Gasteiger partial charge in [-0.15, -0.1) is 0 Å². The summed E-state index contributed by atoms with van der Waals surface area (Å²) < 4.78 is 0. The topological polar surface area (TPSA) is 80.9 Å². The maximum Gasteiger partial charge on any atom is 0.111 e. The Hall–Kier alpha value is -0.680. The first-order valence-corrected chi connectivity index (χ1v) is 13.8. The van der Waals surface area contributed by atoms with Gasteiger partial charge >= 0.3 is 0 Å². The molecule has 0 aromatic heterocycles. The second-order valence-corrected chi connectivity index (χ2v) is 14.0. The van der Waals surface area contributed by atoms with Crippen LogP contribution in [-0.4, -0.2) is 44.8 Å². The minimum absolute atomic E-state index is 0.0686. The van der Waals surface area contributed by atoms with Crippen molar-refractivity contribution in [2.75, 3.05) is 6.61 Å². The SMILES string of the molecule is C[C@H](CC[C@H](O)[C@@](C)(O)CO)[C@H]1CC[C@@]2(C)C3=CC[C@H]4C(C)(C)[C@@H](O)CC[C@]4(C)C3=CC[C@]12C. The largest absolute Gasteiger partial charge is 0.393 e. The number of aliphatic hydroxyl groups excluding tert-OH is 3. The van der Waals surface area contributed by atoms with Crippen LogP contribution >= 0.6 is 0 Å². The fraction of sp³-hybridized carbons (Fsp3) is 0.867. The lowest BCUT2D eigenvalue weighted by molar-refractivity contribution is -0.0974. The zero-order chi connectivity index (χ0) is 25.3. The lowest BCUT2D eigenvalue weighted by Crippen LogP contribution is -2.54. The third-order valence-corrected chi connectivity index (χ3v) is 11.9. The average Bonchev–Trinajstić information content (AvgIpc) is 3.06. The maximum absolute atomic E-state index is 10.8. The normalized spacial score (nSPS) is 44.6. The van der Waals surface area contributed by atoms with Crippen LogP contribution in [-0.2, 0) is 0 Å². The van der Waals surface area contributed by atoms with Gasteiger partial charge in [0.05, 0.1) is 18.8 Å². The van der Waals surface area contributed by atoms with Crippen LogP contribution in [0.1, 0.15) is 99.8 Å². The van der Waals surface area contributed by atoms with Crippen LogP contribution in [0.3, 0.4) is 0 Å². The number of hydrogen-bond donors (Lipinski definition) is 4. The molecule has 4 N–H and O–H groups in total. The van der Waals surface area contributed by atoms with E-state index in [1.807, 2.05) is 0 Å². The predicted octanol–water partition coefficient (Wildman–Crippen LogP) is 5.39. The highest BCUT2D eigenvalue weighted by molar-refractivity contribution is 5.49. The van der Waals surface area contributed by atoms with Crippen molar-refractivity contribution in [1.82, 2.24) is 0 Å². The van der Waals surface area contributed by atoms with Gasteiger partial charge in [-0.2, -0.15) is 0 Å². The van der Waals surface area contributed by atoms with E-state index in [4.69, 9.17) is 0 Å². The van der Waals surface area contributed by atoms with Gasteiger partial charge in [0, 0.05) is 0 Å². The molecule has 0 unspecified atom stereocenters. The third-order valence-electron chi connectivity index (χ3n) is 11.9. The Morgan fingerprint density at radius 2 is 1.71 bits per heavy atom. The fourth-order valence-corrected chi connectivity index (χ4v) is 8.98. The highest BCUT2D eigenvalue weighted by Gasteiger charge is 2.63. The number of fused-ring (bicyclic) bond motifs is 5. The lowest BCUT2D eigenvalue weighted by atomic mass is 9.44. The molecule has 4 aliphatic carbocycles. The van der Waals surface area contributed by atoms with E-state index in [2.05, 4.69) is 53.7 Å². The second kappa shape index (κ2) is 8.43. The first kappa shape index (κ1) is 26.4. The Kier molecular flexibility index (Phi) is 6.54. The molecule has 0 bridgehead atoms. The van der Waals surface area contributed by atoms with Gasteiger partial charge in [-0.05, 0) is 109 Å². The van der Waals surface area contributed by atoms with Crippen LogP contribution in [0.2, 0.25) is 0 Å². The second-order valence-electron chi connectivity index (χ2n) is 14.0. The van der Waals surface area contributed by atoms with E-state index >= 15 is 0 Å². The number of hydrogen-bond acceptors (Lipinski definition) is 4. The van der Waals surface area contributed by atoms with Gasteiger partial charge < -0.3 is 20.4 Å². The highest BCUT2D eigenvalue weighted by atomic mass is 16.4. The van der Waals surface area contributed by atoms with E-state index in [0.717, 1.165) is 32.1 Å². The zero-order valence-corrected chi connectivity index (χ0v) is 22.7. The smallest absolute Gasteiger partial charge is 0.111 e. The molecule has 2 saturated carbocycles. The summed E-state index contributed by atoms with van der Waals surface area (Å²) in [5, 5.41) is 40.8. The van der Waals surface area contributed by atoms with Crippen molar-refractivity contribution in [3.8, 4) is 0 Å². The summed E-state index contributed by atoms with van der Waals surface area (Å²) in [6.07, 6.45) is 11.9. The Bertz CT molecular complexity index is 856. The Balaban J connectivity index is 1.59. The molecular weight excluding hydrogens is 424 g/mol. The summed E-state index contributed by atoms with van der Waals surface area (Å²) in [6, 6.07) is 0. The molecule has 34 heavy (non-hydrogen) atoms. The van der Waals surface area contributed by atoms with Gasteiger partial charge in [0.2, 0.25) is 0 Å². The van der Waals surface area contributed by atoms with E-state index in [9.17, 15) is 20.4 Å². The molecule has 4 heteroatoms. The first-order valence-electron chi connectivity index (χ1n) is 13.8. The molecule has 9 atom stereocenters. The van der Waals surface area contributed by atoms with Crippen LogP contribution in [0, 0.1) is 39.4 Å². The van der Waals surface area contributed by atoms with Gasteiger partial charge in [-0.3, -0.25) is 0 Å². The van der Waals surface area contributed by atoms with E-state index in [-0.39, 0.29) is 27.8 Å². The monoisotopic (exact) mass is 474 g/mol. The molecule has 0 amide bonds. The summed E-state index contributed by atoms with van der Waals surface area (Å²) in [5.41, 5.74) is 2.13. The molecule has 0 spiro atoms. The Labute approximate surface area is 207 Å². The minimum Gasteiger partial charge on any atom is -0.393 e. The molecular formula is C30H50O4. The maximum atomic E-state index is 10.8. The predicted molar refractivity (Wildman–Crippen MR) is 137 cm³/mol. The van der Waals surface area contributed by atoms with Crippen LogP contribution in [0.15, 0.2) is 23.3 Å². The van der Waals surface area contributed by atoms with Crippen molar-refractivity contribution >= 4 is 0 Å². The first-order chi connectivity index (χ1) is 15.6. The van der Waals surface area contributed by atoms with Gasteiger partial charge in [0.25, 0.3) is 0 Å². The van der Waals surface area contributed by atoms with Gasteiger partial charge in [-0.1, -0.05) is 53.7 Å². The van der Waals surface area contributed by atoms with Crippen molar-refractivity contribution < 1.29 is 20.4 Å². The van der Waals surface area contributed by atoms with Gasteiger partial charge in [0.15, 0.2) is 0 Å². The lowest BCUT2D eigenvalue weighted by Gasteiger charge is -2.61. The van der Waals surface area contributed by atoms with Crippen molar-refractivity contribution in [3.05, 3.63) is 23.3 Å². The molecule has 194 valence electrons. The molecule has 0 saturated heterocycles. The van der Waals surface area contributed by atoms with Crippen molar-refractivity contribution in [3.63, 3.8) is 0 Å². The van der Waals surface area contributed by atoms with E-state index in [1.165, 1.54) is 19.8 Å². The number of allylic oxidation sites excluding steroid dienone is 4. The number of aliphatic hydroxyl groups is 4. The summed E-state index contributed by atoms with van der Waals surface area (Å²) in [4.78, 5) is 0. The standard InChI is InChI=1S/C30H50O4/c1-19(8-11-25(33)30(7,34)18-31)20-12-16-29(6)22-9-10-23-26(2,3)24(32)14-15-27(23,4)21(22)13-17-28(20,29)5/h9,13,19-20,23-25,31-34H,8,10-12,14-18H2,1-7H3/t19-,20-,23+,24+,25+,27-,28-,29+,30+/m1/s1. The summed E-state index contributed by atoms with van der Waals surface area (Å²) in [7, 11) is 0. The van der Waals surface area contributed by atoms with Crippen LogP contribution in [0.25, 0.3) is 0 Å². The van der Waals surface area contributed by atoms with Crippen molar-refractivity contribution in [2.24, 2.45) is 39.4 Å². The van der Waals surface area contributed by atoms with Crippen LogP contribution in [0.5, 0.6) is 0 Å². The molecule has 0 aromatic rings. The summed E-state index contributed by atoms with van der Waals surface area (Å²) in [5.74, 6) is 1.49. The third kappa shape index (κ3) is 3.61. The summed E-state index contributed by atoms with van der Waals surface area (Å²) in [6.45, 7) is 15.4. The molecule has 4 rings (SSSR count). The Morgan fingerprint density at radius 3 is 2.35 bits per heavy atom. The van der Waals surface area contributed by atoms with Crippen molar-refractivity contribution in [2.45, 2.75) is 118 Å². The molecule has 0 aromatic carbocycles. The molecule has 0 radical (unpaired) electrons. The quantitative estimate of drug-likeness (QED) is 0.416. The molecule has 0 aliphatic heterocycles. The van der Waals surface area contributed by atoms with Gasteiger partial charge in [0.1, 0.15) is 5.60 Å². The molecule has 0 heterocycles. The Morgan fingerprint density at radius 1 is 1.03 bits per heavy atom. The number of rotatable bonds is 6. The van der Waals surface area contributed by atoms with Gasteiger partial charge in [-0.25, -0.2) is 0 Å². The molecule has 2 fully saturated rings. The van der Waals surface area contributed by atoms with Crippen molar-refractivity contribution in [1.29, 1.82) is 0 Å². The average molecular weight is 475 g/mol. The molecule has 4 aliphatic rings. The van der Waals surface area contributed by atoms with E-state index < -0.39 is 18.3 Å². The van der Waals surface area contributed by atoms with Crippen LogP contribution < -0.4 is 0 Å².